The van der Waals surface area contributed by atoms with Gasteiger partial charge in [0.05, 0.1) is 17.4 Å². The molecule has 0 atom stereocenters. The zero-order chi connectivity index (χ0) is 24.0. The molecule has 35 heavy (non-hydrogen) atoms. The molecular formula is C26H30N8S. The van der Waals surface area contributed by atoms with E-state index in [9.17, 15) is 0 Å². The Hall–Kier alpha value is -3.17. The van der Waals surface area contributed by atoms with Crippen molar-refractivity contribution in [1.29, 1.82) is 0 Å². The predicted octanol–water partition coefficient (Wildman–Crippen LogP) is 4.87. The van der Waals surface area contributed by atoms with Crippen molar-refractivity contribution in [2.75, 3.05) is 36.4 Å². The molecule has 0 spiro atoms. The Labute approximate surface area is 209 Å². The third-order valence-electron chi connectivity index (χ3n) is 6.58. The van der Waals surface area contributed by atoms with Crippen LogP contribution < -0.4 is 15.5 Å². The summed E-state index contributed by atoms with van der Waals surface area (Å²) in [4.78, 5) is 26.3. The van der Waals surface area contributed by atoms with Gasteiger partial charge in [0.25, 0.3) is 0 Å². The second kappa shape index (κ2) is 8.80. The number of anilines is 3. The fourth-order valence-corrected chi connectivity index (χ4v) is 5.39. The highest BCUT2D eigenvalue weighted by Gasteiger charge is 2.29. The maximum atomic E-state index is 5.14. The Morgan fingerprint density at radius 1 is 1.09 bits per heavy atom. The van der Waals surface area contributed by atoms with Gasteiger partial charge in [0.15, 0.2) is 11.0 Å². The van der Waals surface area contributed by atoms with Crippen molar-refractivity contribution >= 4 is 39.0 Å². The molecule has 0 aromatic carbocycles. The summed E-state index contributed by atoms with van der Waals surface area (Å²) < 4.78 is 0. The Kier molecular flexibility index (Phi) is 5.61. The molecule has 4 aromatic rings. The molecule has 8 nitrogen and oxygen atoms in total. The van der Waals surface area contributed by atoms with E-state index >= 15 is 0 Å². The van der Waals surface area contributed by atoms with E-state index in [2.05, 4.69) is 51.7 Å². The number of fused-ring (bicyclic) bond motifs is 1. The lowest BCUT2D eigenvalue weighted by molar-refractivity contribution is 0.573. The quantitative estimate of drug-likeness (QED) is 0.413. The largest absolute Gasteiger partial charge is 0.353 e. The molecule has 2 fully saturated rings. The monoisotopic (exact) mass is 486 g/mol. The van der Waals surface area contributed by atoms with E-state index in [-0.39, 0.29) is 5.41 Å². The second-order valence-electron chi connectivity index (χ2n) is 10.3. The highest BCUT2D eigenvalue weighted by Crippen LogP contribution is 2.44. The zero-order valence-corrected chi connectivity index (χ0v) is 21.2. The van der Waals surface area contributed by atoms with Crippen LogP contribution in [-0.2, 0) is 5.41 Å². The Bertz CT molecular complexity index is 1370. The summed E-state index contributed by atoms with van der Waals surface area (Å²) in [6, 6.07) is 3.97. The summed E-state index contributed by atoms with van der Waals surface area (Å²) in [6.45, 7) is 10.3. The molecule has 1 aliphatic heterocycles. The third-order valence-corrected chi connectivity index (χ3v) is 7.33. The van der Waals surface area contributed by atoms with Crippen LogP contribution in [-0.4, -0.2) is 51.1 Å². The molecule has 2 aliphatic rings. The van der Waals surface area contributed by atoms with Crippen molar-refractivity contribution in [3.63, 3.8) is 0 Å². The molecule has 5 heterocycles. The average molecular weight is 487 g/mol. The average Bonchev–Trinajstić information content (AvgIpc) is 3.60. The number of nitrogens with one attached hydrogen (secondary N) is 2. The molecule has 1 aliphatic carbocycles. The van der Waals surface area contributed by atoms with Crippen LogP contribution in [0.25, 0.3) is 22.3 Å². The number of hydrogen-bond acceptors (Lipinski definition) is 9. The van der Waals surface area contributed by atoms with Crippen LogP contribution in [0.2, 0.25) is 0 Å². The van der Waals surface area contributed by atoms with Crippen molar-refractivity contribution in [2.24, 2.45) is 0 Å². The molecule has 1 saturated heterocycles. The van der Waals surface area contributed by atoms with Crippen molar-refractivity contribution in [3.8, 4) is 11.4 Å². The van der Waals surface area contributed by atoms with E-state index in [1.165, 1.54) is 18.4 Å². The van der Waals surface area contributed by atoms with Gasteiger partial charge < -0.3 is 15.5 Å². The van der Waals surface area contributed by atoms with Crippen LogP contribution in [0.5, 0.6) is 0 Å². The SMILES string of the molecule is CC(C)(C)c1csc(Nc2cc(-c3nc(N4CCNCC4)c4c(C5CC5)cncc4n3)ccn2)n1. The Balaban J connectivity index is 1.39. The summed E-state index contributed by atoms with van der Waals surface area (Å²) in [5.41, 5.74) is 4.20. The first-order valence-corrected chi connectivity index (χ1v) is 13.1. The van der Waals surface area contributed by atoms with E-state index in [4.69, 9.17) is 15.0 Å². The molecule has 0 unspecified atom stereocenters. The number of thiazole rings is 1. The molecule has 1 saturated carbocycles. The van der Waals surface area contributed by atoms with Gasteiger partial charge in [0, 0.05) is 60.3 Å². The van der Waals surface area contributed by atoms with Crippen LogP contribution in [0.1, 0.15) is 50.8 Å². The fourth-order valence-electron chi connectivity index (χ4n) is 4.45. The lowest BCUT2D eigenvalue weighted by atomic mass is 9.93. The second-order valence-corrected chi connectivity index (χ2v) is 11.2. The van der Waals surface area contributed by atoms with Crippen molar-refractivity contribution in [2.45, 2.75) is 44.9 Å². The van der Waals surface area contributed by atoms with Gasteiger partial charge in [-0.2, -0.15) is 0 Å². The third kappa shape index (κ3) is 4.58. The smallest absolute Gasteiger partial charge is 0.188 e. The molecule has 0 amide bonds. The van der Waals surface area contributed by atoms with E-state index in [1.54, 1.807) is 17.5 Å². The van der Waals surface area contributed by atoms with Crippen LogP contribution in [0.15, 0.2) is 36.1 Å². The molecule has 4 aromatic heterocycles. The molecule has 6 rings (SSSR count). The normalized spacial score (nSPS) is 16.6. The topological polar surface area (TPSA) is 91.8 Å². The predicted molar refractivity (Wildman–Crippen MR) is 142 cm³/mol. The molecule has 0 radical (unpaired) electrons. The van der Waals surface area contributed by atoms with Gasteiger partial charge >= 0.3 is 0 Å². The molecule has 180 valence electrons. The van der Waals surface area contributed by atoms with Crippen LogP contribution >= 0.6 is 11.3 Å². The number of nitrogens with zero attached hydrogens (tertiary/aromatic N) is 6. The molecule has 2 N–H and O–H groups in total. The first-order valence-electron chi connectivity index (χ1n) is 12.3. The first kappa shape index (κ1) is 22.3. The summed E-state index contributed by atoms with van der Waals surface area (Å²) >= 11 is 1.59. The Morgan fingerprint density at radius 2 is 1.91 bits per heavy atom. The number of pyridine rings is 2. The maximum Gasteiger partial charge on any atom is 0.188 e. The number of rotatable bonds is 5. The highest BCUT2D eigenvalue weighted by molar-refractivity contribution is 7.13. The van der Waals surface area contributed by atoms with Crippen LogP contribution in [0.3, 0.4) is 0 Å². The highest BCUT2D eigenvalue weighted by atomic mass is 32.1. The summed E-state index contributed by atoms with van der Waals surface area (Å²) in [5.74, 6) is 3.03. The standard InChI is InChI=1S/C26H30N8S/c1-26(2,3)20-15-35-25(31-20)32-21-12-17(6-7-29-21)23-30-19-14-28-13-18(16-4-5-16)22(19)24(33-23)34-10-8-27-9-11-34/h6-7,12-16,27H,4-5,8-11H2,1-3H3,(H,29,31,32). The maximum absolute atomic E-state index is 5.14. The summed E-state index contributed by atoms with van der Waals surface area (Å²) in [5, 5.41) is 10.9. The minimum absolute atomic E-state index is 0.0123. The fraction of sp³-hybridized carbons (Fsp3) is 0.423. The zero-order valence-electron chi connectivity index (χ0n) is 20.4. The minimum Gasteiger partial charge on any atom is -0.353 e. The lowest BCUT2D eigenvalue weighted by Crippen LogP contribution is -2.44. The van der Waals surface area contributed by atoms with E-state index in [1.807, 2.05) is 24.5 Å². The van der Waals surface area contributed by atoms with Gasteiger partial charge in [-0.05, 0) is 36.5 Å². The summed E-state index contributed by atoms with van der Waals surface area (Å²) in [7, 11) is 0. The minimum atomic E-state index is 0.0123. The number of hydrogen-bond donors (Lipinski definition) is 2. The van der Waals surface area contributed by atoms with Crippen LogP contribution in [0, 0.1) is 0 Å². The van der Waals surface area contributed by atoms with E-state index in [0.29, 0.717) is 11.7 Å². The van der Waals surface area contributed by atoms with E-state index in [0.717, 1.165) is 65.1 Å². The van der Waals surface area contributed by atoms with Crippen molar-refractivity contribution < 1.29 is 0 Å². The van der Waals surface area contributed by atoms with E-state index < -0.39 is 0 Å². The molecular weight excluding hydrogens is 456 g/mol. The number of piperazine rings is 1. The van der Waals surface area contributed by atoms with Crippen molar-refractivity contribution in [1.82, 2.24) is 30.2 Å². The van der Waals surface area contributed by atoms with Crippen LogP contribution in [0.4, 0.5) is 16.8 Å². The van der Waals surface area contributed by atoms with Gasteiger partial charge in [-0.1, -0.05) is 20.8 Å². The van der Waals surface area contributed by atoms with Gasteiger partial charge in [-0.15, -0.1) is 11.3 Å². The lowest BCUT2D eigenvalue weighted by Gasteiger charge is -2.30. The molecule has 0 bridgehead atoms. The first-order chi connectivity index (χ1) is 17.0. The van der Waals surface area contributed by atoms with Gasteiger partial charge in [-0.25, -0.2) is 19.9 Å². The summed E-state index contributed by atoms with van der Waals surface area (Å²) in [6.07, 6.45) is 8.13. The van der Waals surface area contributed by atoms with Crippen molar-refractivity contribution in [3.05, 3.63) is 47.4 Å². The van der Waals surface area contributed by atoms with Gasteiger partial charge in [-0.3, -0.25) is 4.98 Å². The van der Waals surface area contributed by atoms with Gasteiger partial charge in [0.2, 0.25) is 0 Å². The Morgan fingerprint density at radius 3 is 2.66 bits per heavy atom. The number of aromatic nitrogens is 5. The van der Waals surface area contributed by atoms with Gasteiger partial charge in [0.1, 0.15) is 11.6 Å². The molecule has 9 heteroatoms.